The lowest BCUT2D eigenvalue weighted by atomic mass is 9.95. The van der Waals surface area contributed by atoms with E-state index < -0.39 is 23.8 Å². The molecule has 1 atom stereocenters. The molecule has 1 aliphatic carbocycles. The molecule has 6 nitrogen and oxygen atoms in total. The van der Waals surface area contributed by atoms with Crippen molar-refractivity contribution in [3.8, 4) is 5.75 Å². The molecule has 0 radical (unpaired) electrons. The van der Waals surface area contributed by atoms with Crippen molar-refractivity contribution in [1.82, 2.24) is 5.32 Å². The number of Topliss-reactive ketones (excluding diaryl/α,β-unsaturated/α-hetero) is 1. The number of benzene rings is 1. The summed E-state index contributed by atoms with van der Waals surface area (Å²) in [6.45, 7) is 1.18. The number of carbonyl (C=O) groups is 3. The van der Waals surface area contributed by atoms with Crippen LogP contribution in [0.2, 0.25) is 0 Å². The number of esters is 1. The zero-order valence-electron chi connectivity index (χ0n) is 14.0. The number of amides is 1. The highest BCUT2D eigenvalue weighted by Gasteiger charge is 2.32. The number of ketones is 1. The molecule has 1 unspecified atom stereocenters. The average molecular weight is 333 g/mol. The minimum Gasteiger partial charge on any atom is -0.497 e. The number of ether oxygens (including phenoxy) is 2. The molecule has 0 aromatic heterocycles. The van der Waals surface area contributed by atoms with Crippen LogP contribution >= 0.6 is 0 Å². The van der Waals surface area contributed by atoms with Gasteiger partial charge in [0.05, 0.1) is 7.11 Å². The van der Waals surface area contributed by atoms with Crippen LogP contribution in [-0.2, 0) is 14.3 Å². The smallest absolute Gasteiger partial charge is 0.303 e. The minimum absolute atomic E-state index is 0.0352. The molecule has 1 fully saturated rings. The summed E-state index contributed by atoms with van der Waals surface area (Å²) >= 11 is 0. The highest BCUT2D eigenvalue weighted by Crippen LogP contribution is 2.18. The van der Waals surface area contributed by atoms with Crippen LogP contribution in [0.15, 0.2) is 24.3 Å². The Hall–Kier alpha value is -2.37. The van der Waals surface area contributed by atoms with Crippen molar-refractivity contribution in [2.75, 3.05) is 7.11 Å². The first kappa shape index (κ1) is 18.0. The molecule has 1 aromatic rings. The second-order valence-corrected chi connectivity index (χ2v) is 5.93. The van der Waals surface area contributed by atoms with Crippen molar-refractivity contribution in [3.63, 3.8) is 0 Å². The van der Waals surface area contributed by atoms with Gasteiger partial charge >= 0.3 is 5.97 Å². The number of nitrogens with one attached hydrogen (secondary N) is 1. The molecule has 130 valence electrons. The van der Waals surface area contributed by atoms with Gasteiger partial charge in [-0.2, -0.15) is 0 Å². The van der Waals surface area contributed by atoms with Crippen molar-refractivity contribution >= 4 is 17.7 Å². The van der Waals surface area contributed by atoms with E-state index in [0.717, 1.165) is 32.1 Å². The lowest BCUT2D eigenvalue weighted by Gasteiger charge is -2.25. The number of rotatable bonds is 6. The van der Waals surface area contributed by atoms with Crippen LogP contribution in [0.3, 0.4) is 0 Å². The second-order valence-electron chi connectivity index (χ2n) is 5.93. The van der Waals surface area contributed by atoms with Gasteiger partial charge in [0.15, 0.2) is 0 Å². The normalized spacial score (nSPS) is 16.1. The third kappa shape index (κ3) is 4.81. The second kappa shape index (κ2) is 8.47. The number of hydrogen-bond donors (Lipinski definition) is 1. The third-order valence-corrected chi connectivity index (χ3v) is 4.09. The fraction of sp³-hybridized carbons (Fsp3) is 0.500. The molecule has 24 heavy (non-hydrogen) atoms. The Labute approximate surface area is 141 Å². The van der Waals surface area contributed by atoms with Crippen LogP contribution in [0.1, 0.15) is 49.4 Å². The van der Waals surface area contributed by atoms with Crippen LogP contribution in [0.4, 0.5) is 0 Å². The maximum absolute atomic E-state index is 12.6. The predicted octanol–water partition coefficient (Wildman–Crippen LogP) is 2.26. The van der Waals surface area contributed by atoms with E-state index >= 15 is 0 Å². The van der Waals surface area contributed by atoms with E-state index in [9.17, 15) is 14.4 Å². The van der Waals surface area contributed by atoms with E-state index in [1.165, 1.54) is 14.0 Å². The number of carbonyl (C=O) groups excluding carboxylic acids is 3. The largest absolute Gasteiger partial charge is 0.497 e. The molecule has 0 heterocycles. The molecule has 0 aliphatic heterocycles. The van der Waals surface area contributed by atoms with Crippen LogP contribution in [0.25, 0.3) is 0 Å². The molecular formula is C18H23NO5. The zero-order valence-corrected chi connectivity index (χ0v) is 14.0. The van der Waals surface area contributed by atoms with Gasteiger partial charge in [-0.05, 0) is 37.1 Å². The van der Waals surface area contributed by atoms with E-state index in [0.29, 0.717) is 11.3 Å². The van der Waals surface area contributed by atoms with E-state index in [2.05, 4.69) is 5.32 Å². The van der Waals surface area contributed by atoms with E-state index in [1.54, 1.807) is 24.3 Å². The predicted molar refractivity (Wildman–Crippen MR) is 87.9 cm³/mol. The quantitative estimate of drug-likeness (QED) is 0.490. The van der Waals surface area contributed by atoms with Gasteiger partial charge in [-0.25, -0.2) is 0 Å². The number of hydrogen-bond acceptors (Lipinski definition) is 5. The van der Waals surface area contributed by atoms with Gasteiger partial charge in [-0.3, -0.25) is 14.4 Å². The van der Waals surface area contributed by atoms with Crippen molar-refractivity contribution in [2.45, 2.75) is 51.2 Å². The molecular weight excluding hydrogens is 310 g/mol. The summed E-state index contributed by atoms with van der Waals surface area (Å²) < 4.78 is 10.0. The maximum atomic E-state index is 12.6. The molecule has 1 N–H and O–H groups in total. The van der Waals surface area contributed by atoms with Gasteiger partial charge < -0.3 is 14.8 Å². The molecule has 1 saturated carbocycles. The Bertz CT molecular complexity index is 590. The lowest BCUT2D eigenvalue weighted by molar-refractivity contribution is -0.151. The van der Waals surface area contributed by atoms with E-state index in [1.807, 2.05) is 0 Å². The van der Waals surface area contributed by atoms with Gasteiger partial charge in [0, 0.05) is 18.5 Å². The summed E-state index contributed by atoms with van der Waals surface area (Å²) in [5.41, 5.74) is 0.292. The summed E-state index contributed by atoms with van der Waals surface area (Å²) in [7, 11) is 1.52. The summed E-state index contributed by atoms with van der Waals surface area (Å²) in [5, 5.41) is 2.84. The van der Waals surface area contributed by atoms with E-state index in [-0.39, 0.29) is 6.04 Å². The molecule has 6 heteroatoms. The van der Waals surface area contributed by atoms with Gasteiger partial charge in [-0.1, -0.05) is 19.3 Å². The minimum atomic E-state index is -1.46. The Morgan fingerprint density at radius 3 is 2.25 bits per heavy atom. The van der Waals surface area contributed by atoms with Gasteiger partial charge in [0.25, 0.3) is 5.91 Å². The first-order valence-electron chi connectivity index (χ1n) is 8.17. The Morgan fingerprint density at radius 2 is 1.71 bits per heavy atom. The Kier molecular flexibility index (Phi) is 6.35. The standard InChI is InChI=1S/C18H23NO5/c1-12(20)24-17(18(22)19-14-6-4-3-5-7-14)16(21)13-8-10-15(23-2)11-9-13/h8-11,14,17H,3-7H2,1-2H3,(H,19,22). The fourth-order valence-corrected chi connectivity index (χ4v) is 2.82. The van der Waals surface area contributed by atoms with Crippen LogP contribution in [-0.4, -0.2) is 36.9 Å². The van der Waals surface area contributed by atoms with Gasteiger partial charge in [0.2, 0.25) is 11.9 Å². The molecule has 1 aromatic carbocycles. The summed E-state index contributed by atoms with van der Waals surface area (Å²) in [6, 6.07) is 6.37. The monoisotopic (exact) mass is 333 g/mol. The summed E-state index contributed by atoms with van der Waals surface area (Å²) in [6.07, 6.45) is 3.57. The third-order valence-electron chi connectivity index (χ3n) is 4.09. The molecule has 0 bridgehead atoms. The summed E-state index contributed by atoms with van der Waals surface area (Å²) in [4.78, 5) is 36.3. The van der Waals surface area contributed by atoms with Crippen LogP contribution < -0.4 is 10.1 Å². The van der Waals surface area contributed by atoms with Crippen LogP contribution in [0.5, 0.6) is 5.75 Å². The zero-order chi connectivity index (χ0) is 17.5. The molecule has 2 rings (SSSR count). The average Bonchev–Trinajstić information content (AvgIpc) is 2.60. The molecule has 1 amide bonds. The maximum Gasteiger partial charge on any atom is 0.303 e. The Morgan fingerprint density at radius 1 is 1.08 bits per heavy atom. The SMILES string of the molecule is COc1ccc(C(=O)C(OC(C)=O)C(=O)NC2CCCCC2)cc1. The topological polar surface area (TPSA) is 81.7 Å². The van der Waals surface area contributed by atoms with Gasteiger partial charge in [0.1, 0.15) is 5.75 Å². The fourth-order valence-electron chi connectivity index (χ4n) is 2.82. The molecule has 0 spiro atoms. The first-order valence-corrected chi connectivity index (χ1v) is 8.17. The first-order chi connectivity index (χ1) is 11.5. The van der Waals surface area contributed by atoms with E-state index in [4.69, 9.17) is 9.47 Å². The van der Waals surface area contributed by atoms with Crippen molar-refractivity contribution < 1.29 is 23.9 Å². The van der Waals surface area contributed by atoms with Gasteiger partial charge in [-0.15, -0.1) is 0 Å². The van der Waals surface area contributed by atoms with Crippen molar-refractivity contribution in [2.24, 2.45) is 0 Å². The lowest BCUT2D eigenvalue weighted by Crippen LogP contribution is -2.47. The summed E-state index contributed by atoms with van der Waals surface area (Å²) in [5.74, 6) is -1.16. The molecule has 0 saturated heterocycles. The molecule has 1 aliphatic rings. The number of methoxy groups -OCH3 is 1. The van der Waals surface area contributed by atoms with Crippen LogP contribution in [0, 0.1) is 0 Å². The highest BCUT2D eigenvalue weighted by atomic mass is 16.5. The Balaban J connectivity index is 2.11. The van der Waals surface area contributed by atoms with Crippen molar-refractivity contribution in [1.29, 1.82) is 0 Å². The highest BCUT2D eigenvalue weighted by molar-refractivity contribution is 6.13. The van der Waals surface area contributed by atoms with Crippen molar-refractivity contribution in [3.05, 3.63) is 29.8 Å².